The van der Waals surface area contributed by atoms with Gasteiger partial charge in [0.1, 0.15) is 18.0 Å². The molecule has 0 amide bonds. The summed E-state index contributed by atoms with van der Waals surface area (Å²) < 4.78 is 16.2. The number of benzene rings is 1. The molecule has 0 N–H and O–H groups in total. The van der Waals surface area contributed by atoms with Gasteiger partial charge in [0.25, 0.3) is 0 Å². The molecule has 0 atom stereocenters. The van der Waals surface area contributed by atoms with Crippen molar-refractivity contribution in [2.45, 2.75) is 6.92 Å². The summed E-state index contributed by atoms with van der Waals surface area (Å²) >= 11 is 0. The van der Waals surface area contributed by atoms with Crippen molar-refractivity contribution in [2.75, 3.05) is 6.61 Å². The monoisotopic (exact) mass is 229 g/mol. The van der Waals surface area contributed by atoms with Crippen LogP contribution in [0.5, 0.6) is 5.95 Å². The Balaban J connectivity index is 2.07. The zero-order chi connectivity index (χ0) is 11.7. The number of oxazole rings is 1. The van der Waals surface area contributed by atoms with Gasteiger partial charge in [0, 0.05) is 5.39 Å². The van der Waals surface area contributed by atoms with E-state index < -0.39 is 0 Å². The van der Waals surface area contributed by atoms with E-state index in [0.29, 0.717) is 18.4 Å². The van der Waals surface area contributed by atoms with Gasteiger partial charge in [-0.3, -0.25) is 0 Å². The van der Waals surface area contributed by atoms with Crippen LogP contribution in [0.1, 0.15) is 6.92 Å². The summed E-state index contributed by atoms with van der Waals surface area (Å²) in [6, 6.07) is 7.76. The Kier molecular flexibility index (Phi) is 2.33. The molecule has 0 spiro atoms. The van der Waals surface area contributed by atoms with Crippen LogP contribution in [-0.4, -0.2) is 11.6 Å². The average molecular weight is 229 g/mol. The molecule has 0 unspecified atom stereocenters. The highest BCUT2D eigenvalue weighted by Gasteiger charge is 2.13. The van der Waals surface area contributed by atoms with Gasteiger partial charge in [0.2, 0.25) is 5.89 Å². The first-order chi connectivity index (χ1) is 8.38. The fourth-order valence-corrected chi connectivity index (χ4v) is 1.74. The number of fused-ring (bicyclic) bond motifs is 1. The molecule has 86 valence electrons. The molecule has 0 aliphatic rings. The highest BCUT2D eigenvalue weighted by molar-refractivity contribution is 5.91. The van der Waals surface area contributed by atoms with Gasteiger partial charge in [-0.05, 0) is 13.0 Å². The maximum atomic E-state index is 5.48. The van der Waals surface area contributed by atoms with Crippen molar-refractivity contribution >= 4 is 11.0 Å². The summed E-state index contributed by atoms with van der Waals surface area (Å²) in [5.41, 5.74) is 1.66. The highest BCUT2D eigenvalue weighted by Crippen LogP contribution is 2.31. The number of hydrogen-bond donors (Lipinski definition) is 0. The van der Waals surface area contributed by atoms with E-state index in [-0.39, 0.29) is 0 Å². The van der Waals surface area contributed by atoms with Gasteiger partial charge in [-0.25, -0.2) is 4.98 Å². The summed E-state index contributed by atoms with van der Waals surface area (Å²) in [7, 11) is 0. The van der Waals surface area contributed by atoms with Crippen LogP contribution in [0.2, 0.25) is 0 Å². The first-order valence-electron chi connectivity index (χ1n) is 5.43. The Labute approximate surface area is 97.8 Å². The fourth-order valence-electron chi connectivity index (χ4n) is 1.74. The molecule has 3 aromatic rings. The quantitative estimate of drug-likeness (QED) is 0.689. The number of nitrogens with zero attached hydrogens (tertiary/aromatic N) is 1. The Morgan fingerprint density at radius 3 is 3.06 bits per heavy atom. The lowest BCUT2D eigenvalue weighted by atomic mass is 10.2. The lowest BCUT2D eigenvalue weighted by molar-refractivity contribution is 0.260. The minimum atomic E-state index is 0.424. The molecule has 2 heterocycles. The second-order valence-corrected chi connectivity index (χ2v) is 3.56. The van der Waals surface area contributed by atoms with E-state index in [1.807, 2.05) is 31.2 Å². The fraction of sp³-hybridized carbons (Fsp3) is 0.154. The minimum Gasteiger partial charge on any atom is -0.464 e. The molecule has 4 nitrogen and oxygen atoms in total. The molecule has 0 fully saturated rings. The van der Waals surface area contributed by atoms with Crippen LogP contribution < -0.4 is 4.74 Å². The Morgan fingerprint density at radius 2 is 2.18 bits per heavy atom. The van der Waals surface area contributed by atoms with Gasteiger partial charge >= 0.3 is 5.95 Å². The zero-order valence-electron chi connectivity index (χ0n) is 9.34. The molecular formula is C13H11NO3. The molecule has 0 bridgehead atoms. The van der Waals surface area contributed by atoms with Gasteiger partial charge in [-0.15, -0.1) is 0 Å². The van der Waals surface area contributed by atoms with Gasteiger partial charge in [-0.1, -0.05) is 18.2 Å². The van der Waals surface area contributed by atoms with Crippen LogP contribution in [0.4, 0.5) is 0 Å². The van der Waals surface area contributed by atoms with Crippen LogP contribution in [0, 0.1) is 0 Å². The standard InChI is InChI=1S/C13H11NO3/c1-2-15-12-7-14-13(17-12)10-8-16-11-6-4-3-5-9(10)11/h3-8H,2H2,1H3. The van der Waals surface area contributed by atoms with Gasteiger partial charge in [0.15, 0.2) is 0 Å². The zero-order valence-corrected chi connectivity index (χ0v) is 9.34. The third-order valence-electron chi connectivity index (χ3n) is 2.48. The van der Waals surface area contributed by atoms with Crippen molar-refractivity contribution in [2.24, 2.45) is 0 Å². The molecule has 0 saturated heterocycles. The summed E-state index contributed by atoms with van der Waals surface area (Å²) in [4.78, 5) is 4.18. The molecular weight excluding hydrogens is 218 g/mol. The number of rotatable bonds is 3. The van der Waals surface area contributed by atoms with Crippen molar-refractivity contribution in [3.8, 4) is 17.4 Å². The molecule has 0 saturated carbocycles. The predicted molar refractivity (Wildman–Crippen MR) is 62.9 cm³/mol. The normalized spacial score (nSPS) is 10.9. The Bertz CT molecular complexity index is 639. The third kappa shape index (κ3) is 1.67. The Morgan fingerprint density at radius 1 is 1.29 bits per heavy atom. The molecule has 17 heavy (non-hydrogen) atoms. The summed E-state index contributed by atoms with van der Waals surface area (Å²) in [6.45, 7) is 2.45. The average Bonchev–Trinajstić information content (AvgIpc) is 2.95. The lowest BCUT2D eigenvalue weighted by Crippen LogP contribution is -1.87. The molecule has 2 aromatic heterocycles. The second kappa shape index (κ2) is 3.97. The van der Waals surface area contributed by atoms with E-state index in [1.165, 1.54) is 0 Å². The lowest BCUT2D eigenvalue weighted by Gasteiger charge is -1.94. The van der Waals surface area contributed by atoms with Crippen LogP contribution in [0.3, 0.4) is 0 Å². The first kappa shape index (κ1) is 9.96. The van der Waals surface area contributed by atoms with Crippen molar-refractivity contribution < 1.29 is 13.6 Å². The number of ether oxygens (including phenoxy) is 1. The van der Waals surface area contributed by atoms with Crippen molar-refractivity contribution in [3.63, 3.8) is 0 Å². The summed E-state index contributed by atoms with van der Waals surface area (Å²) in [5, 5.41) is 0.984. The molecule has 0 aliphatic heterocycles. The topological polar surface area (TPSA) is 48.4 Å². The molecule has 1 aromatic carbocycles. The predicted octanol–water partition coefficient (Wildman–Crippen LogP) is 3.49. The van der Waals surface area contributed by atoms with E-state index in [4.69, 9.17) is 13.6 Å². The first-order valence-corrected chi connectivity index (χ1v) is 5.43. The largest absolute Gasteiger partial charge is 0.464 e. The van der Waals surface area contributed by atoms with Crippen LogP contribution >= 0.6 is 0 Å². The minimum absolute atomic E-state index is 0.424. The van der Waals surface area contributed by atoms with Crippen LogP contribution in [-0.2, 0) is 0 Å². The van der Waals surface area contributed by atoms with Gasteiger partial charge in [0.05, 0.1) is 12.2 Å². The van der Waals surface area contributed by atoms with Gasteiger partial charge in [-0.2, -0.15) is 0 Å². The van der Waals surface area contributed by atoms with E-state index in [9.17, 15) is 0 Å². The third-order valence-corrected chi connectivity index (χ3v) is 2.48. The number of aromatic nitrogens is 1. The number of furan rings is 1. The molecule has 0 radical (unpaired) electrons. The SMILES string of the molecule is CCOc1cnc(-c2coc3ccccc23)o1. The van der Waals surface area contributed by atoms with Crippen LogP contribution in [0.15, 0.2) is 45.6 Å². The van der Waals surface area contributed by atoms with Crippen molar-refractivity contribution in [1.29, 1.82) is 0 Å². The van der Waals surface area contributed by atoms with E-state index in [0.717, 1.165) is 16.5 Å². The van der Waals surface area contributed by atoms with Crippen molar-refractivity contribution in [1.82, 2.24) is 4.98 Å². The van der Waals surface area contributed by atoms with E-state index in [2.05, 4.69) is 4.98 Å². The van der Waals surface area contributed by atoms with Crippen molar-refractivity contribution in [3.05, 3.63) is 36.7 Å². The van der Waals surface area contributed by atoms with E-state index >= 15 is 0 Å². The maximum absolute atomic E-state index is 5.48. The number of hydrogen-bond acceptors (Lipinski definition) is 4. The Hall–Kier alpha value is -2.23. The van der Waals surface area contributed by atoms with E-state index in [1.54, 1.807) is 12.5 Å². The second-order valence-electron chi connectivity index (χ2n) is 3.56. The smallest absolute Gasteiger partial charge is 0.305 e. The molecule has 3 rings (SSSR count). The van der Waals surface area contributed by atoms with Crippen LogP contribution in [0.25, 0.3) is 22.4 Å². The molecule has 4 heteroatoms. The summed E-state index contributed by atoms with van der Waals surface area (Å²) in [5.74, 6) is 0.936. The van der Waals surface area contributed by atoms with Gasteiger partial charge < -0.3 is 13.6 Å². The highest BCUT2D eigenvalue weighted by atomic mass is 16.6. The summed E-state index contributed by atoms with van der Waals surface area (Å²) in [6.07, 6.45) is 3.22. The maximum Gasteiger partial charge on any atom is 0.305 e. The molecule has 0 aliphatic carbocycles. The number of para-hydroxylation sites is 1.